The highest BCUT2D eigenvalue weighted by Gasteiger charge is 2.74. The predicted octanol–water partition coefficient (Wildman–Crippen LogP) is 3.77. The van der Waals surface area contributed by atoms with Crippen LogP contribution in [0.15, 0.2) is 12.7 Å². The third kappa shape index (κ3) is 2.13. The zero-order valence-corrected chi connectivity index (χ0v) is 8.25. The molecule has 0 spiro atoms. The van der Waals surface area contributed by atoms with Crippen LogP contribution in [0.5, 0.6) is 0 Å². The van der Waals surface area contributed by atoms with Crippen molar-refractivity contribution in [3.63, 3.8) is 0 Å². The van der Waals surface area contributed by atoms with E-state index in [1.807, 2.05) is 0 Å². The second kappa shape index (κ2) is 3.84. The third-order valence-electron chi connectivity index (χ3n) is 2.61. The first-order valence-corrected chi connectivity index (χ1v) is 4.51. The van der Waals surface area contributed by atoms with E-state index in [9.17, 15) is 35.1 Å². The van der Waals surface area contributed by atoms with Crippen LogP contribution < -0.4 is 0 Å². The Balaban J connectivity index is 3.16. The maximum Gasteiger partial charge on any atom is 0.293 e. The Morgan fingerprint density at radius 3 is 1.94 bits per heavy atom. The Kier molecular flexibility index (Phi) is 3.22. The molecule has 1 saturated carbocycles. The zero-order valence-electron chi connectivity index (χ0n) is 8.25. The fourth-order valence-corrected chi connectivity index (χ4v) is 1.78. The van der Waals surface area contributed by atoms with Crippen molar-refractivity contribution < 1.29 is 35.1 Å². The van der Waals surface area contributed by atoms with E-state index >= 15 is 0 Å². The van der Waals surface area contributed by atoms with Gasteiger partial charge >= 0.3 is 0 Å². The van der Waals surface area contributed by atoms with Crippen molar-refractivity contribution in [1.29, 1.82) is 0 Å². The lowest BCUT2D eigenvalue weighted by atomic mass is 9.92. The molecular weight excluding hydrogens is 260 g/mol. The number of allylic oxidation sites excluding steroid dienone is 1. The molecule has 3 unspecified atom stereocenters. The molecule has 0 nitrogen and oxygen atoms in total. The van der Waals surface area contributed by atoms with Crippen molar-refractivity contribution in [3.8, 4) is 0 Å². The van der Waals surface area contributed by atoms with Gasteiger partial charge in [0.05, 0.1) is 6.42 Å². The number of rotatable bonds is 3. The quantitative estimate of drug-likeness (QED) is 0.540. The minimum atomic E-state index is -4.94. The Morgan fingerprint density at radius 1 is 1.18 bits per heavy atom. The third-order valence-corrected chi connectivity index (χ3v) is 2.61. The molecule has 8 heteroatoms. The molecule has 0 heterocycles. The van der Waals surface area contributed by atoms with Crippen molar-refractivity contribution in [2.24, 2.45) is 5.92 Å². The molecule has 0 bridgehead atoms. The fraction of sp³-hybridized carbons (Fsp3) is 0.778. The van der Waals surface area contributed by atoms with E-state index in [2.05, 4.69) is 6.58 Å². The van der Waals surface area contributed by atoms with Gasteiger partial charge in [0, 0.05) is 0 Å². The summed E-state index contributed by atoms with van der Waals surface area (Å²) >= 11 is 0. The SMILES string of the molecule is C=CC(F)C(F)(F)C1C(F)C(F)(F)CC1(F)F. The monoisotopic (exact) mass is 268 g/mol. The standard InChI is InChI=1S/C9H8F8/c1-2-4(10)9(16,17)5-6(11)8(14,15)3-7(5,12)13/h2,4-6H,1,3H2. The Labute approximate surface area is 91.3 Å². The zero-order chi connectivity index (χ0) is 13.6. The molecule has 1 aliphatic rings. The minimum absolute atomic E-state index is 0.0285. The van der Waals surface area contributed by atoms with Crippen molar-refractivity contribution in [2.45, 2.75) is 36.5 Å². The summed E-state index contributed by atoms with van der Waals surface area (Å²) in [5.41, 5.74) is 0. The van der Waals surface area contributed by atoms with Gasteiger partial charge in [-0.05, 0) is 0 Å². The molecule has 0 amide bonds. The van der Waals surface area contributed by atoms with E-state index in [0.29, 0.717) is 0 Å². The van der Waals surface area contributed by atoms with Gasteiger partial charge in [-0.3, -0.25) is 0 Å². The van der Waals surface area contributed by atoms with Crippen LogP contribution in [-0.2, 0) is 0 Å². The summed E-state index contributed by atoms with van der Waals surface area (Å²) in [7, 11) is 0. The first kappa shape index (κ1) is 14.2. The van der Waals surface area contributed by atoms with Crippen molar-refractivity contribution >= 4 is 0 Å². The average Bonchev–Trinajstić information content (AvgIpc) is 2.29. The first-order valence-electron chi connectivity index (χ1n) is 4.51. The molecule has 0 saturated heterocycles. The van der Waals surface area contributed by atoms with E-state index in [1.165, 1.54) is 0 Å². The summed E-state index contributed by atoms with van der Waals surface area (Å²) < 4.78 is 103. The van der Waals surface area contributed by atoms with Crippen molar-refractivity contribution in [2.75, 3.05) is 0 Å². The minimum Gasteiger partial charge on any atom is -0.240 e. The molecule has 17 heavy (non-hydrogen) atoms. The molecule has 1 aliphatic carbocycles. The number of halogens is 8. The lowest BCUT2D eigenvalue weighted by molar-refractivity contribution is -0.194. The lowest BCUT2D eigenvalue weighted by Crippen LogP contribution is -2.48. The molecule has 0 aromatic carbocycles. The second-order valence-corrected chi connectivity index (χ2v) is 3.89. The number of alkyl halides is 8. The molecule has 0 aromatic rings. The smallest absolute Gasteiger partial charge is 0.240 e. The number of hydrogen-bond donors (Lipinski definition) is 0. The summed E-state index contributed by atoms with van der Waals surface area (Å²) in [5.74, 6) is -17.9. The van der Waals surface area contributed by atoms with E-state index < -0.39 is 42.4 Å². The van der Waals surface area contributed by atoms with Crippen LogP contribution in [0.2, 0.25) is 0 Å². The van der Waals surface area contributed by atoms with Gasteiger partial charge < -0.3 is 0 Å². The fourth-order valence-electron chi connectivity index (χ4n) is 1.78. The molecular formula is C9H8F8. The molecule has 0 N–H and O–H groups in total. The largest absolute Gasteiger partial charge is 0.293 e. The Bertz CT molecular complexity index is 310. The van der Waals surface area contributed by atoms with Crippen molar-refractivity contribution in [3.05, 3.63) is 12.7 Å². The summed E-state index contributed by atoms with van der Waals surface area (Å²) in [6.07, 6.45) is -9.50. The van der Waals surface area contributed by atoms with E-state index in [1.54, 1.807) is 0 Å². The van der Waals surface area contributed by atoms with Gasteiger partial charge in [-0.25, -0.2) is 35.1 Å². The summed E-state index contributed by atoms with van der Waals surface area (Å²) in [4.78, 5) is 0. The van der Waals surface area contributed by atoms with Crippen molar-refractivity contribution in [1.82, 2.24) is 0 Å². The average molecular weight is 268 g/mol. The molecule has 0 radical (unpaired) electrons. The molecule has 3 atom stereocenters. The van der Waals surface area contributed by atoms with Crippen LogP contribution in [0.25, 0.3) is 0 Å². The van der Waals surface area contributed by atoms with E-state index in [-0.39, 0.29) is 6.08 Å². The van der Waals surface area contributed by atoms with E-state index in [4.69, 9.17) is 0 Å². The topological polar surface area (TPSA) is 0 Å². The first-order chi connectivity index (χ1) is 7.47. The molecule has 1 rings (SSSR count). The highest BCUT2D eigenvalue weighted by atomic mass is 19.3. The molecule has 100 valence electrons. The van der Waals surface area contributed by atoms with Crippen LogP contribution in [0.4, 0.5) is 35.1 Å². The van der Waals surface area contributed by atoms with Crippen LogP contribution in [0.3, 0.4) is 0 Å². The molecule has 0 aromatic heterocycles. The maximum absolute atomic E-state index is 13.1. The molecule has 1 fully saturated rings. The van der Waals surface area contributed by atoms with Crippen LogP contribution >= 0.6 is 0 Å². The van der Waals surface area contributed by atoms with E-state index in [0.717, 1.165) is 0 Å². The van der Waals surface area contributed by atoms with Crippen LogP contribution in [-0.4, -0.2) is 30.1 Å². The summed E-state index contributed by atoms with van der Waals surface area (Å²) in [6, 6.07) is 0. The predicted molar refractivity (Wildman–Crippen MR) is 42.9 cm³/mol. The normalized spacial score (nSPS) is 33.4. The van der Waals surface area contributed by atoms with Crippen LogP contribution in [0.1, 0.15) is 6.42 Å². The highest BCUT2D eigenvalue weighted by molar-refractivity contribution is 5.10. The Morgan fingerprint density at radius 2 is 1.65 bits per heavy atom. The highest BCUT2D eigenvalue weighted by Crippen LogP contribution is 2.57. The van der Waals surface area contributed by atoms with Gasteiger partial charge in [0.1, 0.15) is 5.92 Å². The van der Waals surface area contributed by atoms with Gasteiger partial charge in [0.15, 0.2) is 12.3 Å². The molecule has 0 aliphatic heterocycles. The summed E-state index contributed by atoms with van der Waals surface area (Å²) in [6.45, 7) is 2.60. The summed E-state index contributed by atoms with van der Waals surface area (Å²) in [5, 5.41) is 0. The van der Waals surface area contributed by atoms with Gasteiger partial charge in [0.25, 0.3) is 17.8 Å². The van der Waals surface area contributed by atoms with Gasteiger partial charge in [0.2, 0.25) is 0 Å². The van der Waals surface area contributed by atoms with Gasteiger partial charge in [-0.2, -0.15) is 0 Å². The number of hydrogen-bond acceptors (Lipinski definition) is 0. The van der Waals surface area contributed by atoms with Gasteiger partial charge in [-0.15, -0.1) is 0 Å². The lowest BCUT2D eigenvalue weighted by Gasteiger charge is -2.29. The maximum atomic E-state index is 13.1. The Hall–Kier alpha value is -0.820. The van der Waals surface area contributed by atoms with Crippen LogP contribution in [0, 0.1) is 5.92 Å². The second-order valence-electron chi connectivity index (χ2n) is 3.89. The van der Waals surface area contributed by atoms with Gasteiger partial charge in [-0.1, -0.05) is 12.7 Å².